The third kappa shape index (κ3) is 4.15. The van der Waals surface area contributed by atoms with Gasteiger partial charge >= 0.3 is 0 Å². The predicted octanol–water partition coefficient (Wildman–Crippen LogP) is 2.53. The monoisotopic (exact) mass is 346 g/mol. The van der Waals surface area contributed by atoms with Crippen LogP contribution in [0.2, 0.25) is 0 Å². The van der Waals surface area contributed by atoms with Crippen LogP contribution in [0.4, 0.5) is 0 Å². The van der Waals surface area contributed by atoms with Crippen molar-refractivity contribution in [2.75, 3.05) is 6.61 Å². The summed E-state index contributed by atoms with van der Waals surface area (Å²) in [5.74, 6) is -1.86. The molecule has 0 aliphatic heterocycles. The number of carbonyl (C=O) groups is 2. The van der Waals surface area contributed by atoms with E-state index in [9.17, 15) is 24.9 Å². The number of aliphatic hydroxyl groups is 1. The molecule has 0 saturated heterocycles. The van der Waals surface area contributed by atoms with Gasteiger partial charge in [-0.2, -0.15) is 0 Å². The van der Waals surface area contributed by atoms with E-state index in [1.165, 1.54) is 12.1 Å². The van der Waals surface area contributed by atoms with Gasteiger partial charge < -0.3 is 20.1 Å². The van der Waals surface area contributed by atoms with Crippen molar-refractivity contribution in [2.45, 2.75) is 39.4 Å². The summed E-state index contributed by atoms with van der Waals surface area (Å²) in [6.07, 6.45) is 1.87. The van der Waals surface area contributed by atoms with Crippen LogP contribution in [0, 0.1) is 0 Å². The van der Waals surface area contributed by atoms with Crippen LogP contribution in [-0.2, 0) is 4.74 Å². The van der Waals surface area contributed by atoms with Crippen LogP contribution >= 0.6 is 0 Å². The zero-order valence-corrected chi connectivity index (χ0v) is 14.4. The number of ether oxygens (including phenoxy) is 1. The van der Waals surface area contributed by atoms with E-state index in [1.807, 2.05) is 19.9 Å². The van der Waals surface area contributed by atoms with Crippen molar-refractivity contribution in [1.29, 1.82) is 0 Å². The molecule has 1 aliphatic rings. The summed E-state index contributed by atoms with van der Waals surface area (Å²) in [7, 11) is 0. The molecular weight excluding hydrogens is 324 g/mol. The molecular formula is C19H22O6. The fourth-order valence-corrected chi connectivity index (χ4v) is 2.61. The highest BCUT2D eigenvalue weighted by Crippen LogP contribution is 2.36. The number of carbonyl (C=O) groups excluding carboxylic acids is 2. The Morgan fingerprint density at radius 3 is 2.32 bits per heavy atom. The molecule has 0 amide bonds. The number of phenolic OH excluding ortho intramolecular Hbond substituents is 2. The van der Waals surface area contributed by atoms with Gasteiger partial charge in [-0.3, -0.25) is 9.59 Å². The number of hydrogen-bond donors (Lipinski definition) is 3. The van der Waals surface area contributed by atoms with Gasteiger partial charge in [-0.05, 0) is 45.4 Å². The number of rotatable bonds is 6. The Kier molecular flexibility index (Phi) is 5.77. The van der Waals surface area contributed by atoms with Gasteiger partial charge in [-0.1, -0.05) is 11.6 Å². The number of fused-ring (bicyclic) bond motifs is 1. The molecule has 2 rings (SSSR count). The SMILES string of the molecule is CC(C)=CC[C@@H](OCC(C)O)C1=CC(=O)c2c(O)ccc(O)c2C1=O. The zero-order valence-electron chi connectivity index (χ0n) is 14.4. The van der Waals surface area contributed by atoms with Crippen LogP contribution in [0.1, 0.15) is 47.9 Å². The molecule has 134 valence electrons. The van der Waals surface area contributed by atoms with Gasteiger partial charge in [-0.25, -0.2) is 0 Å². The third-order valence-electron chi connectivity index (χ3n) is 3.81. The number of benzene rings is 1. The highest BCUT2D eigenvalue weighted by atomic mass is 16.5. The lowest BCUT2D eigenvalue weighted by Gasteiger charge is -2.24. The lowest BCUT2D eigenvalue weighted by molar-refractivity contribution is 0.0134. The summed E-state index contributed by atoms with van der Waals surface area (Å²) in [6.45, 7) is 5.35. The maximum absolute atomic E-state index is 12.8. The molecule has 1 unspecified atom stereocenters. The Morgan fingerprint density at radius 1 is 1.16 bits per heavy atom. The lowest BCUT2D eigenvalue weighted by atomic mass is 9.85. The maximum Gasteiger partial charge on any atom is 0.196 e. The highest BCUT2D eigenvalue weighted by molar-refractivity contribution is 6.27. The Bertz CT molecular complexity index is 753. The Balaban J connectivity index is 2.44. The smallest absolute Gasteiger partial charge is 0.196 e. The summed E-state index contributed by atoms with van der Waals surface area (Å²) in [5, 5.41) is 29.3. The fraction of sp³-hybridized carbons (Fsp3) is 0.368. The van der Waals surface area contributed by atoms with Crippen LogP contribution in [-0.4, -0.2) is 45.7 Å². The number of aliphatic hydroxyl groups excluding tert-OH is 1. The van der Waals surface area contributed by atoms with Crippen molar-refractivity contribution in [3.05, 3.63) is 46.6 Å². The minimum Gasteiger partial charge on any atom is -0.507 e. The average Bonchev–Trinajstić information content (AvgIpc) is 2.53. The van der Waals surface area contributed by atoms with Crippen molar-refractivity contribution in [3.8, 4) is 11.5 Å². The molecule has 0 saturated carbocycles. The molecule has 0 aromatic heterocycles. The lowest BCUT2D eigenvalue weighted by Crippen LogP contribution is -2.29. The molecule has 25 heavy (non-hydrogen) atoms. The predicted molar refractivity (Wildman–Crippen MR) is 92.0 cm³/mol. The van der Waals surface area contributed by atoms with Gasteiger partial charge in [0.2, 0.25) is 0 Å². The largest absolute Gasteiger partial charge is 0.507 e. The maximum atomic E-state index is 12.8. The van der Waals surface area contributed by atoms with Crippen molar-refractivity contribution < 1.29 is 29.6 Å². The van der Waals surface area contributed by atoms with E-state index in [1.54, 1.807) is 6.92 Å². The minimum atomic E-state index is -0.740. The number of Topliss-reactive ketones (excluding diaryl/α,β-unsaturated/α-hetero) is 1. The standard InChI is InChI=1S/C19H22O6/c1-10(2)4-7-16(25-9-11(3)20)12-8-15(23)17-13(21)5-6-14(22)18(17)19(12)24/h4-6,8,11,16,20-22H,7,9H2,1-3H3/t11?,16-/m1/s1. The number of hydrogen-bond acceptors (Lipinski definition) is 6. The second kappa shape index (κ2) is 7.63. The van der Waals surface area contributed by atoms with Gasteiger partial charge in [0.05, 0.1) is 29.9 Å². The molecule has 1 aromatic carbocycles. The summed E-state index contributed by atoms with van der Waals surface area (Å²) in [4.78, 5) is 25.2. The van der Waals surface area contributed by atoms with E-state index in [0.29, 0.717) is 6.42 Å². The van der Waals surface area contributed by atoms with Crippen molar-refractivity contribution in [1.82, 2.24) is 0 Å². The molecule has 6 heteroatoms. The zero-order chi connectivity index (χ0) is 18.7. The van der Waals surface area contributed by atoms with E-state index in [-0.39, 0.29) is 34.8 Å². The summed E-state index contributed by atoms with van der Waals surface area (Å²) in [5.41, 5.74) is 0.689. The Morgan fingerprint density at radius 2 is 1.76 bits per heavy atom. The summed E-state index contributed by atoms with van der Waals surface area (Å²) in [6, 6.07) is 2.34. The molecule has 1 aromatic rings. The van der Waals surface area contributed by atoms with Crippen molar-refractivity contribution >= 4 is 11.6 Å². The molecule has 0 radical (unpaired) electrons. The van der Waals surface area contributed by atoms with Crippen molar-refractivity contribution in [3.63, 3.8) is 0 Å². The van der Waals surface area contributed by atoms with Gasteiger partial charge in [0.1, 0.15) is 11.5 Å². The molecule has 1 aliphatic carbocycles. The van der Waals surface area contributed by atoms with Gasteiger partial charge in [0, 0.05) is 5.57 Å². The normalized spacial score (nSPS) is 16.1. The van der Waals surface area contributed by atoms with Crippen molar-refractivity contribution in [2.24, 2.45) is 0 Å². The van der Waals surface area contributed by atoms with Gasteiger partial charge in [-0.15, -0.1) is 0 Å². The van der Waals surface area contributed by atoms with E-state index >= 15 is 0 Å². The van der Waals surface area contributed by atoms with Crippen LogP contribution < -0.4 is 0 Å². The number of ketones is 2. The Labute approximate surface area is 146 Å². The van der Waals surface area contributed by atoms with E-state index in [0.717, 1.165) is 11.6 Å². The minimum absolute atomic E-state index is 0.00103. The van der Waals surface area contributed by atoms with E-state index < -0.39 is 23.8 Å². The second-order valence-corrected chi connectivity index (χ2v) is 6.34. The van der Waals surface area contributed by atoms with Crippen LogP contribution in [0.5, 0.6) is 11.5 Å². The topological polar surface area (TPSA) is 104 Å². The van der Waals surface area contributed by atoms with Crippen LogP contribution in [0.15, 0.2) is 35.4 Å². The molecule has 0 bridgehead atoms. The van der Waals surface area contributed by atoms with E-state index in [4.69, 9.17) is 4.74 Å². The first-order valence-corrected chi connectivity index (χ1v) is 8.01. The first kappa shape index (κ1) is 18.9. The number of phenols is 2. The average molecular weight is 346 g/mol. The quantitative estimate of drug-likeness (QED) is 0.540. The summed E-state index contributed by atoms with van der Waals surface area (Å²) < 4.78 is 5.62. The first-order chi connectivity index (χ1) is 11.7. The van der Waals surface area contributed by atoms with Crippen LogP contribution in [0.3, 0.4) is 0 Å². The molecule has 0 spiro atoms. The third-order valence-corrected chi connectivity index (χ3v) is 3.81. The molecule has 6 nitrogen and oxygen atoms in total. The van der Waals surface area contributed by atoms with Crippen LogP contribution in [0.25, 0.3) is 0 Å². The number of allylic oxidation sites excluding steroid dienone is 2. The number of aromatic hydroxyl groups is 2. The Hall–Kier alpha value is -2.44. The molecule has 2 atom stereocenters. The molecule has 0 fully saturated rings. The fourth-order valence-electron chi connectivity index (χ4n) is 2.61. The van der Waals surface area contributed by atoms with E-state index in [2.05, 4.69) is 0 Å². The second-order valence-electron chi connectivity index (χ2n) is 6.34. The van der Waals surface area contributed by atoms with Gasteiger partial charge in [0.25, 0.3) is 0 Å². The summed E-state index contributed by atoms with van der Waals surface area (Å²) >= 11 is 0. The molecule has 0 heterocycles. The van der Waals surface area contributed by atoms with Gasteiger partial charge in [0.15, 0.2) is 11.6 Å². The first-order valence-electron chi connectivity index (χ1n) is 8.01. The highest BCUT2D eigenvalue weighted by Gasteiger charge is 2.34. The molecule has 3 N–H and O–H groups in total.